The number of hydrogen-bond donors (Lipinski definition) is 1. The molecule has 2 heterocycles. The standard InChI is InChI=1S/C12H16N4S/c1-9-5-3-6-11(13-9)10(2)14-15-12(17)16-7-4-8-16/h3,5-6H,4,7-8H2,1-2H3,(H,15,17)/b14-10+. The van der Waals surface area contributed by atoms with Gasteiger partial charge in [-0.15, -0.1) is 0 Å². The Hall–Kier alpha value is -1.49. The van der Waals surface area contributed by atoms with Crippen molar-refractivity contribution in [2.75, 3.05) is 13.1 Å². The molecular weight excluding hydrogens is 232 g/mol. The normalized spacial score (nSPS) is 15.4. The SMILES string of the molecule is C/C(=N\NC(=S)N1CCC1)c1cccc(C)n1. The van der Waals surface area contributed by atoms with E-state index in [9.17, 15) is 0 Å². The van der Waals surface area contributed by atoms with Crippen LogP contribution in [0.25, 0.3) is 0 Å². The van der Waals surface area contributed by atoms with Gasteiger partial charge in [0.1, 0.15) is 0 Å². The zero-order chi connectivity index (χ0) is 12.3. The molecule has 1 aliphatic rings. The molecule has 4 nitrogen and oxygen atoms in total. The van der Waals surface area contributed by atoms with Crippen molar-refractivity contribution in [2.45, 2.75) is 20.3 Å². The van der Waals surface area contributed by atoms with Crippen molar-refractivity contribution in [2.24, 2.45) is 5.10 Å². The van der Waals surface area contributed by atoms with E-state index >= 15 is 0 Å². The molecule has 0 aromatic carbocycles. The lowest BCUT2D eigenvalue weighted by atomic mass is 10.2. The van der Waals surface area contributed by atoms with Crippen molar-refractivity contribution in [3.8, 4) is 0 Å². The number of pyridine rings is 1. The summed E-state index contributed by atoms with van der Waals surface area (Å²) in [6, 6.07) is 5.89. The first-order valence-corrected chi connectivity index (χ1v) is 6.11. The van der Waals surface area contributed by atoms with Gasteiger partial charge < -0.3 is 4.90 Å². The van der Waals surface area contributed by atoms with Gasteiger partial charge in [0.05, 0.1) is 11.4 Å². The molecule has 1 aromatic heterocycles. The molecule has 0 atom stereocenters. The second kappa shape index (κ2) is 5.23. The molecule has 0 saturated carbocycles. The van der Waals surface area contributed by atoms with Gasteiger partial charge in [0.15, 0.2) is 5.11 Å². The minimum atomic E-state index is 0.697. The maximum atomic E-state index is 5.21. The van der Waals surface area contributed by atoms with Crippen LogP contribution in [0.4, 0.5) is 0 Å². The van der Waals surface area contributed by atoms with E-state index in [0.29, 0.717) is 5.11 Å². The first kappa shape index (κ1) is 12.0. The van der Waals surface area contributed by atoms with Crippen LogP contribution in [0, 0.1) is 6.92 Å². The quantitative estimate of drug-likeness (QED) is 0.491. The molecule has 2 rings (SSSR count). The lowest BCUT2D eigenvalue weighted by Crippen LogP contribution is -2.46. The van der Waals surface area contributed by atoms with Crippen LogP contribution in [0.2, 0.25) is 0 Å². The highest BCUT2D eigenvalue weighted by molar-refractivity contribution is 7.80. The van der Waals surface area contributed by atoms with E-state index in [1.54, 1.807) is 0 Å². The van der Waals surface area contributed by atoms with Crippen LogP contribution >= 0.6 is 12.2 Å². The molecule has 0 unspecified atom stereocenters. The van der Waals surface area contributed by atoms with Crippen molar-refractivity contribution >= 4 is 23.0 Å². The predicted octanol–water partition coefficient (Wildman–Crippen LogP) is 1.69. The predicted molar refractivity (Wildman–Crippen MR) is 73.1 cm³/mol. The van der Waals surface area contributed by atoms with Crippen LogP contribution in [0.15, 0.2) is 23.3 Å². The largest absolute Gasteiger partial charge is 0.348 e. The molecule has 1 aliphatic heterocycles. The van der Waals surface area contributed by atoms with Crippen molar-refractivity contribution in [3.63, 3.8) is 0 Å². The molecule has 1 N–H and O–H groups in total. The van der Waals surface area contributed by atoms with Crippen LogP contribution in [0.5, 0.6) is 0 Å². The van der Waals surface area contributed by atoms with Crippen LogP contribution in [0.3, 0.4) is 0 Å². The van der Waals surface area contributed by atoms with Crippen LogP contribution < -0.4 is 5.43 Å². The van der Waals surface area contributed by atoms with Gasteiger partial charge in [-0.25, -0.2) is 0 Å². The van der Waals surface area contributed by atoms with Gasteiger partial charge in [0.25, 0.3) is 0 Å². The summed E-state index contributed by atoms with van der Waals surface area (Å²) < 4.78 is 0. The average Bonchev–Trinajstić information content (AvgIpc) is 2.23. The highest BCUT2D eigenvalue weighted by atomic mass is 32.1. The lowest BCUT2D eigenvalue weighted by molar-refractivity contribution is 0.296. The van der Waals surface area contributed by atoms with E-state index < -0.39 is 0 Å². The number of thiocarbonyl (C=S) groups is 1. The second-order valence-corrected chi connectivity index (χ2v) is 4.51. The van der Waals surface area contributed by atoms with Crippen molar-refractivity contribution in [3.05, 3.63) is 29.6 Å². The summed E-state index contributed by atoms with van der Waals surface area (Å²) in [6.07, 6.45) is 1.21. The molecule has 5 heteroatoms. The van der Waals surface area contributed by atoms with Crippen molar-refractivity contribution in [1.82, 2.24) is 15.3 Å². The van der Waals surface area contributed by atoms with E-state index in [2.05, 4.69) is 20.4 Å². The Labute approximate surface area is 107 Å². The number of aryl methyl sites for hydroxylation is 1. The summed E-state index contributed by atoms with van der Waals surface area (Å²) in [4.78, 5) is 6.50. The monoisotopic (exact) mass is 248 g/mol. The Morgan fingerprint density at radius 1 is 1.47 bits per heavy atom. The Bertz CT molecular complexity index is 452. The fourth-order valence-electron chi connectivity index (χ4n) is 1.52. The smallest absolute Gasteiger partial charge is 0.189 e. The topological polar surface area (TPSA) is 40.5 Å². The summed E-state index contributed by atoms with van der Waals surface area (Å²) in [5.74, 6) is 0. The minimum Gasteiger partial charge on any atom is -0.348 e. The van der Waals surface area contributed by atoms with Crippen molar-refractivity contribution in [1.29, 1.82) is 0 Å². The zero-order valence-electron chi connectivity index (χ0n) is 10.1. The Morgan fingerprint density at radius 3 is 2.82 bits per heavy atom. The molecular formula is C12H16N4S. The summed E-state index contributed by atoms with van der Waals surface area (Å²) in [5, 5.41) is 4.96. The van der Waals surface area contributed by atoms with Gasteiger partial charge >= 0.3 is 0 Å². The van der Waals surface area contributed by atoms with Gasteiger partial charge in [-0.2, -0.15) is 5.10 Å². The van der Waals surface area contributed by atoms with Gasteiger partial charge in [-0.3, -0.25) is 10.4 Å². The number of hydrogen-bond acceptors (Lipinski definition) is 3. The highest BCUT2D eigenvalue weighted by Crippen LogP contribution is 2.05. The molecule has 90 valence electrons. The van der Waals surface area contributed by atoms with E-state index in [1.165, 1.54) is 6.42 Å². The first-order valence-electron chi connectivity index (χ1n) is 5.70. The third kappa shape index (κ3) is 3.00. The van der Waals surface area contributed by atoms with Crippen LogP contribution in [-0.4, -0.2) is 33.8 Å². The van der Waals surface area contributed by atoms with Crippen molar-refractivity contribution < 1.29 is 0 Å². The number of rotatable bonds is 2. The Kier molecular flexibility index (Phi) is 3.68. The van der Waals surface area contributed by atoms with E-state index in [-0.39, 0.29) is 0 Å². The number of aromatic nitrogens is 1. The number of nitrogens with one attached hydrogen (secondary N) is 1. The fourth-order valence-corrected chi connectivity index (χ4v) is 1.75. The average molecular weight is 248 g/mol. The maximum Gasteiger partial charge on any atom is 0.189 e. The number of hydrazone groups is 1. The first-order chi connectivity index (χ1) is 8.16. The van der Waals surface area contributed by atoms with Gasteiger partial charge in [0, 0.05) is 18.8 Å². The highest BCUT2D eigenvalue weighted by Gasteiger charge is 2.16. The molecule has 0 aliphatic carbocycles. The van der Waals surface area contributed by atoms with Crippen LogP contribution in [-0.2, 0) is 0 Å². The number of nitrogens with zero attached hydrogens (tertiary/aromatic N) is 3. The van der Waals surface area contributed by atoms with Crippen LogP contribution in [0.1, 0.15) is 24.7 Å². The minimum absolute atomic E-state index is 0.697. The third-order valence-corrected chi connectivity index (χ3v) is 3.07. The fraction of sp³-hybridized carbons (Fsp3) is 0.417. The molecule has 0 bridgehead atoms. The van der Waals surface area contributed by atoms with Gasteiger partial charge in [0.2, 0.25) is 0 Å². The molecule has 0 spiro atoms. The van der Waals surface area contributed by atoms with E-state index in [1.807, 2.05) is 32.0 Å². The van der Waals surface area contributed by atoms with Gasteiger partial charge in [-0.1, -0.05) is 6.07 Å². The van der Waals surface area contributed by atoms with Gasteiger partial charge in [-0.05, 0) is 44.6 Å². The summed E-state index contributed by atoms with van der Waals surface area (Å²) in [7, 11) is 0. The Morgan fingerprint density at radius 2 is 2.24 bits per heavy atom. The van der Waals surface area contributed by atoms with E-state index in [4.69, 9.17) is 12.2 Å². The number of likely N-dealkylation sites (tertiary alicyclic amines) is 1. The Balaban J connectivity index is 1.99. The summed E-state index contributed by atoms with van der Waals surface area (Å²) >= 11 is 5.21. The summed E-state index contributed by atoms with van der Waals surface area (Å²) in [5.41, 5.74) is 5.62. The molecule has 1 saturated heterocycles. The molecule has 1 aromatic rings. The third-order valence-electron chi connectivity index (χ3n) is 2.72. The molecule has 0 radical (unpaired) electrons. The maximum absolute atomic E-state index is 5.21. The zero-order valence-corrected chi connectivity index (χ0v) is 10.9. The molecule has 1 fully saturated rings. The second-order valence-electron chi connectivity index (χ2n) is 4.12. The van der Waals surface area contributed by atoms with E-state index in [0.717, 1.165) is 30.2 Å². The lowest BCUT2D eigenvalue weighted by Gasteiger charge is -2.32. The summed E-state index contributed by atoms with van der Waals surface area (Å²) in [6.45, 7) is 5.95. The molecule has 17 heavy (non-hydrogen) atoms. The molecule has 0 amide bonds.